The summed E-state index contributed by atoms with van der Waals surface area (Å²) in [6, 6.07) is 5.09. The zero-order chi connectivity index (χ0) is 13.6. The van der Waals surface area contributed by atoms with Gasteiger partial charge < -0.3 is 5.11 Å². The van der Waals surface area contributed by atoms with Gasteiger partial charge in [0.2, 0.25) is 0 Å². The van der Waals surface area contributed by atoms with Crippen molar-refractivity contribution in [2.24, 2.45) is 7.05 Å². The molecular weight excluding hydrogens is 244 g/mol. The predicted octanol–water partition coefficient (Wildman–Crippen LogP) is 1.77. The molecule has 0 unspecified atom stereocenters. The molecule has 0 fully saturated rings. The summed E-state index contributed by atoms with van der Waals surface area (Å²) in [7, 11) is 1.82. The van der Waals surface area contributed by atoms with Gasteiger partial charge >= 0.3 is 5.97 Å². The van der Waals surface area contributed by atoms with Crippen LogP contribution in [-0.4, -0.2) is 30.4 Å². The molecule has 0 radical (unpaired) electrons. The third-order valence-corrected chi connectivity index (χ3v) is 3.02. The number of carbonyl (C=O) groups is 1. The first-order valence-corrected chi connectivity index (χ1v) is 5.78. The van der Waals surface area contributed by atoms with Gasteiger partial charge in [0.15, 0.2) is 0 Å². The van der Waals surface area contributed by atoms with Gasteiger partial charge in [0.05, 0.1) is 28.5 Å². The van der Waals surface area contributed by atoms with Gasteiger partial charge in [-0.25, -0.2) is 9.78 Å². The van der Waals surface area contributed by atoms with Crippen molar-refractivity contribution in [2.75, 3.05) is 0 Å². The summed E-state index contributed by atoms with van der Waals surface area (Å²) in [5.41, 5.74) is 2.31. The zero-order valence-corrected chi connectivity index (χ0v) is 10.5. The van der Waals surface area contributed by atoms with Crippen LogP contribution in [0.2, 0.25) is 0 Å². The van der Waals surface area contributed by atoms with Gasteiger partial charge in [-0.15, -0.1) is 0 Å². The van der Waals surface area contributed by atoms with Crippen LogP contribution in [0.4, 0.5) is 0 Å². The number of carboxylic acid groups (broad SMARTS) is 1. The minimum absolute atomic E-state index is 0.238. The molecule has 96 valence electrons. The monoisotopic (exact) mass is 256 g/mol. The third kappa shape index (κ3) is 1.69. The molecule has 0 saturated carbocycles. The Balaban J connectivity index is 2.41. The van der Waals surface area contributed by atoms with E-state index in [0.29, 0.717) is 11.0 Å². The second kappa shape index (κ2) is 3.94. The fourth-order valence-corrected chi connectivity index (χ4v) is 2.25. The Morgan fingerprint density at radius 2 is 2.16 bits per heavy atom. The molecule has 0 aliphatic rings. The number of aromatic nitrogens is 4. The Kier molecular flexibility index (Phi) is 2.38. The average Bonchev–Trinajstić information content (AvgIpc) is 2.90. The van der Waals surface area contributed by atoms with Crippen molar-refractivity contribution in [1.82, 2.24) is 19.3 Å². The van der Waals surface area contributed by atoms with E-state index in [-0.39, 0.29) is 5.56 Å². The number of benzene rings is 1. The minimum Gasteiger partial charge on any atom is -0.478 e. The highest BCUT2D eigenvalue weighted by atomic mass is 16.4. The van der Waals surface area contributed by atoms with Crippen LogP contribution < -0.4 is 0 Å². The highest BCUT2D eigenvalue weighted by molar-refractivity contribution is 6.01. The van der Waals surface area contributed by atoms with Gasteiger partial charge in [-0.05, 0) is 19.1 Å². The maximum absolute atomic E-state index is 11.4. The van der Waals surface area contributed by atoms with E-state index in [0.717, 1.165) is 11.5 Å². The SMILES string of the molecule is Cc1nc2cccc(C(=O)O)c2n1-c1cnn(C)c1. The molecule has 2 aromatic heterocycles. The molecule has 0 bridgehead atoms. The largest absolute Gasteiger partial charge is 0.478 e. The minimum atomic E-state index is -0.962. The number of nitrogens with zero attached hydrogens (tertiary/aromatic N) is 4. The average molecular weight is 256 g/mol. The topological polar surface area (TPSA) is 72.9 Å². The fraction of sp³-hybridized carbons (Fsp3) is 0.154. The normalized spacial score (nSPS) is 11.1. The molecule has 1 aromatic carbocycles. The lowest BCUT2D eigenvalue weighted by Gasteiger charge is -2.05. The van der Waals surface area contributed by atoms with E-state index in [1.807, 2.05) is 30.8 Å². The highest BCUT2D eigenvalue weighted by Crippen LogP contribution is 2.24. The predicted molar refractivity (Wildman–Crippen MR) is 69.5 cm³/mol. The maximum atomic E-state index is 11.4. The van der Waals surface area contributed by atoms with Crippen LogP contribution in [0.15, 0.2) is 30.6 Å². The summed E-state index contributed by atoms with van der Waals surface area (Å²) in [5.74, 6) is -0.229. The summed E-state index contributed by atoms with van der Waals surface area (Å²) >= 11 is 0. The van der Waals surface area contributed by atoms with Crippen LogP contribution in [0.25, 0.3) is 16.7 Å². The summed E-state index contributed by atoms with van der Waals surface area (Å²) in [6.45, 7) is 1.85. The van der Waals surface area contributed by atoms with Gasteiger partial charge in [0, 0.05) is 13.2 Å². The Morgan fingerprint density at radius 1 is 1.37 bits per heavy atom. The van der Waals surface area contributed by atoms with E-state index in [4.69, 9.17) is 0 Å². The van der Waals surface area contributed by atoms with E-state index >= 15 is 0 Å². The smallest absolute Gasteiger partial charge is 0.337 e. The number of rotatable bonds is 2. The van der Waals surface area contributed by atoms with Crippen LogP contribution in [-0.2, 0) is 7.05 Å². The van der Waals surface area contributed by atoms with Gasteiger partial charge in [0.1, 0.15) is 5.82 Å². The van der Waals surface area contributed by atoms with E-state index in [9.17, 15) is 9.90 Å². The molecule has 1 N–H and O–H groups in total. The van der Waals surface area contributed by atoms with Gasteiger partial charge in [-0.2, -0.15) is 5.10 Å². The molecule has 2 heterocycles. The number of hydrogen-bond acceptors (Lipinski definition) is 3. The third-order valence-electron chi connectivity index (χ3n) is 3.02. The van der Waals surface area contributed by atoms with Crippen molar-refractivity contribution >= 4 is 17.0 Å². The second-order valence-electron chi connectivity index (χ2n) is 4.35. The zero-order valence-electron chi connectivity index (χ0n) is 10.5. The molecule has 19 heavy (non-hydrogen) atoms. The Hall–Kier alpha value is -2.63. The summed E-state index contributed by atoms with van der Waals surface area (Å²) < 4.78 is 3.48. The molecular formula is C13H12N4O2. The molecule has 0 aliphatic heterocycles. The fourth-order valence-electron chi connectivity index (χ4n) is 2.25. The molecule has 0 atom stereocenters. The van der Waals surface area contributed by atoms with Crippen molar-refractivity contribution in [2.45, 2.75) is 6.92 Å². The van der Waals surface area contributed by atoms with Crippen molar-refractivity contribution in [1.29, 1.82) is 0 Å². The summed E-state index contributed by atoms with van der Waals surface area (Å²) in [4.78, 5) is 15.8. The highest BCUT2D eigenvalue weighted by Gasteiger charge is 2.17. The van der Waals surface area contributed by atoms with Gasteiger partial charge in [0.25, 0.3) is 0 Å². The Morgan fingerprint density at radius 3 is 2.79 bits per heavy atom. The molecule has 6 nitrogen and oxygen atoms in total. The standard InChI is InChI=1S/C13H12N4O2/c1-8-15-11-5-3-4-10(13(18)19)12(11)17(8)9-6-14-16(2)7-9/h3-7H,1-2H3,(H,18,19). The number of carboxylic acids is 1. The van der Waals surface area contributed by atoms with E-state index in [1.54, 1.807) is 23.0 Å². The summed E-state index contributed by atoms with van der Waals surface area (Å²) in [6.07, 6.45) is 3.51. The number of imidazole rings is 1. The van der Waals surface area contributed by atoms with Crippen molar-refractivity contribution in [3.05, 3.63) is 42.0 Å². The van der Waals surface area contributed by atoms with E-state index in [1.165, 1.54) is 0 Å². The second-order valence-corrected chi connectivity index (χ2v) is 4.35. The molecule has 6 heteroatoms. The molecule has 3 rings (SSSR count). The first-order valence-electron chi connectivity index (χ1n) is 5.78. The lowest BCUT2D eigenvalue weighted by Crippen LogP contribution is -2.02. The lowest BCUT2D eigenvalue weighted by molar-refractivity contribution is 0.0698. The lowest BCUT2D eigenvalue weighted by atomic mass is 10.2. The van der Waals surface area contributed by atoms with Crippen LogP contribution in [0.3, 0.4) is 0 Å². The van der Waals surface area contributed by atoms with Crippen molar-refractivity contribution in [3.8, 4) is 5.69 Å². The van der Waals surface area contributed by atoms with Gasteiger partial charge in [-0.3, -0.25) is 9.25 Å². The quantitative estimate of drug-likeness (QED) is 0.758. The van der Waals surface area contributed by atoms with Gasteiger partial charge in [-0.1, -0.05) is 6.07 Å². The van der Waals surface area contributed by atoms with Crippen LogP contribution in [0.1, 0.15) is 16.2 Å². The Bertz CT molecular complexity index is 785. The first kappa shape index (κ1) is 11.5. The van der Waals surface area contributed by atoms with Crippen LogP contribution in [0.5, 0.6) is 0 Å². The number of aryl methyl sites for hydroxylation is 2. The van der Waals surface area contributed by atoms with Crippen molar-refractivity contribution in [3.63, 3.8) is 0 Å². The molecule has 0 saturated heterocycles. The summed E-state index contributed by atoms with van der Waals surface area (Å²) in [5, 5.41) is 13.4. The van der Waals surface area contributed by atoms with E-state index < -0.39 is 5.97 Å². The Labute approximate surface area is 108 Å². The van der Waals surface area contributed by atoms with E-state index in [2.05, 4.69) is 10.1 Å². The molecule has 0 spiro atoms. The number of para-hydroxylation sites is 1. The maximum Gasteiger partial charge on any atom is 0.337 e. The number of hydrogen-bond donors (Lipinski definition) is 1. The molecule has 0 aliphatic carbocycles. The van der Waals surface area contributed by atoms with Crippen LogP contribution in [0, 0.1) is 6.92 Å². The first-order chi connectivity index (χ1) is 9.08. The number of fused-ring (bicyclic) bond motifs is 1. The molecule has 3 aromatic rings. The van der Waals surface area contributed by atoms with Crippen molar-refractivity contribution < 1.29 is 9.90 Å². The molecule has 0 amide bonds. The number of aromatic carboxylic acids is 1. The van der Waals surface area contributed by atoms with Crippen LogP contribution >= 0.6 is 0 Å².